The molecule has 0 unspecified atom stereocenters. The molecule has 1 N–H and O–H groups in total. The number of nitrogens with one attached hydrogen (secondary N) is 1. The van der Waals surface area contributed by atoms with Gasteiger partial charge >= 0.3 is 0 Å². The van der Waals surface area contributed by atoms with E-state index in [4.69, 9.17) is 4.74 Å². The van der Waals surface area contributed by atoms with Crippen LogP contribution < -0.4 is 4.90 Å². The molecule has 1 aromatic rings. The van der Waals surface area contributed by atoms with Gasteiger partial charge < -0.3 is 14.5 Å². The van der Waals surface area contributed by atoms with Crippen LogP contribution in [0.4, 0.5) is 0 Å². The zero-order chi connectivity index (χ0) is 19.6. The van der Waals surface area contributed by atoms with Gasteiger partial charge in [-0.1, -0.05) is 17.7 Å². The molecule has 0 saturated carbocycles. The molecule has 2 fully saturated rings. The fourth-order valence-corrected chi connectivity index (χ4v) is 5.23. The number of carbonyl (C=O) groups is 1. The summed E-state index contributed by atoms with van der Waals surface area (Å²) in [6.07, 6.45) is 0.119. The van der Waals surface area contributed by atoms with Crippen LogP contribution in [0.3, 0.4) is 0 Å². The zero-order valence-electron chi connectivity index (χ0n) is 16.3. The number of carbonyl (C=O) groups excluding carboxylic acids is 1. The lowest BCUT2D eigenvalue weighted by Crippen LogP contribution is -3.15. The third-order valence-corrected chi connectivity index (χ3v) is 7.17. The van der Waals surface area contributed by atoms with Crippen LogP contribution in [-0.2, 0) is 19.6 Å². The first-order valence-corrected chi connectivity index (χ1v) is 11.0. The van der Waals surface area contributed by atoms with E-state index < -0.39 is 10.0 Å². The molecule has 0 bridgehead atoms. The maximum Gasteiger partial charge on any atom is 0.277 e. The second-order valence-corrected chi connectivity index (χ2v) is 9.64. The number of benzene rings is 1. The molecular weight excluding hydrogens is 366 g/mol. The van der Waals surface area contributed by atoms with Crippen LogP contribution in [0.25, 0.3) is 0 Å². The second kappa shape index (κ2) is 8.26. The van der Waals surface area contributed by atoms with Crippen molar-refractivity contribution < 1.29 is 22.8 Å². The smallest absolute Gasteiger partial charge is 0.277 e. The van der Waals surface area contributed by atoms with Crippen molar-refractivity contribution in [1.29, 1.82) is 0 Å². The molecule has 2 saturated heterocycles. The molecule has 1 amide bonds. The molecule has 0 radical (unpaired) electrons. The van der Waals surface area contributed by atoms with Crippen molar-refractivity contribution in [2.45, 2.75) is 37.9 Å². The molecule has 3 rings (SSSR count). The molecule has 150 valence electrons. The minimum atomic E-state index is -3.46. The SMILES string of the molecule is Cc1ccc(S(=O)(=O)N2CC[NH+](CC(=O)N3C[C@H](C)O[C@@H](C)C3)CC2)cc1. The van der Waals surface area contributed by atoms with E-state index in [2.05, 4.69) is 0 Å². The summed E-state index contributed by atoms with van der Waals surface area (Å²) < 4.78 is 32.8. The number of aryl methyl sites for hydroxylation is 1. The van der Waals surface area contributed by atoms with E-state index in [0.717, 1.165) is 10.5 Å². The average molecular weight is 397 g/mol. The highest BCUT2D eigenvalue weighted by Gasteiger charge is 2.33. The second-order valence-electron chi connectivity index (χ2n) is 7.70. The molecule has 0 aromatic heterocycles. The Morgan fingerprint density at radius 1 is 1.11 bits per heavy atom. The maximum absolute atomic E-state index is 12.8. The number of hydrogen-bond acceptors (Lipinski definition) is 4. The topological polar surface area (TPSA) is 71.4 Å². The number of rotatable bonds is 4. The Hall–Kier alpha value is -1.48. The number of ether oxygens (including phenoxy) is 1. The van der Waals surface area contributed by atoms with Crippen LogP contribution >= 0.6 is 0 Å². The molecule has 0 spiro atoms. The maximum atomic E-state index is 12.8. The minimum absolute atomic E-state index is 0.0594. The van der Waals surface area contributed by atoms with E-state index in [9.17, 15) is 13.2 Å². The minimum Gasteiger partial charge on any atom is -0.372 e. The highest BCUT2D eigenvalue weighted by atomic mass is 32.2. The van der Waals surface area contributed by atoms with Gasteiger partial charge in [0, 0.05) is 13.1 Å². The van der Waals surface area contributed by atoms with Gasteiger partial charge in [0.2, 0.25) is 10.0 Å². The summed E-state index contributed by atoms with van der Waals surface area (Å²) in [5.41, 5.74) is 1.04. The Kier molecular flexibility index (Phi) is 6.20. The molecular formula is C19H30N3O4S+. The van der Waals surface area contributed by atoms with Crippen LogP contribution in [0, 0.1) is 6.92 Å². The van der Waals surface area contributed by atoms with Crippen LogP contribution in [-0.4, -0.2) is 81.6 Å². The largest absolute Gasteiger partial charge is 0.372 e. The number of amides is 1. The molecule has 2 aliphatic rings. The van der Waals surface area contributed by atoms with Crippen LogP contribution in [0.1, 0.15) is 19.4 Å². The fourth-order valence-electron chi connectivity index (χ4n) is 3.79. The summed E-state index contributed by atoms with van der Waals surface area (Å²) >= 11 is 0. The molecule has 2 heterocycles. The Labute approximate surface area is 161 Å². The van der Waals surface area contributed by atoms with Gasteiger partial charge in [-0.3, -0.25) is 4.79 Å². The normalized spacial score (nSPS) is 25.5. The summed E-state index contributed by atoms with van der Waals surface area (Å²) in [5, 5.41) is 0. The molecule has 7 nitrogen and oxygen atoms in total. The van der Waals surface area contributed by atoms with Crippen molar-refractivity contribution in [1.82, 2.24) is 9.21 Å². The van der Waals surface area contributed by atoms with Gasteiger partial charge in [-0.05, 0) is 32.9 Å². The third-order valence-electron chi connectivity index (χ3n) is 5.26. The number of hydrogen-bond donors (Lipinski definition) is 1. The Bertz CT molecular complexity index is 748. The van der Waals surface area contributed by atoms with Crippen molar-refractivity contribution >= 4 is 15.9 Å². The van der Waals surface area contributed by atoms with Crippen molar-refractivity contribution in [3.63, 3.8) is 0 Å². The lowest BCUT2D eigenvalue weighted by atomic mass is 10.2. The first-order valence-electron chi connectivity index (χ1n) is 9.59. The molecule has 2 atom stereocenters. The molecule has 1 aromatic carbocycles. The van der Waals surface area contributed by atoms with Crippen molar-refractivity contribution in [2.24, 2.45) is 0 Å². The fraction of sp³-hybridized carbons (Fsp3) is 0.632. The number of sulfonamides is 1. The van der Waals surface area contributed by atoms with Gasteiger partial charge in [-0.15, -0.1) is 0 Å². The zero-order valence-corrected chi connectivity index (χ0v) is 17.2. The van der Waals surface area contributed by atoms with E-state index in [1.54, 1.807) is 12.1 Å². The van der Waals surface area contributed by atoms with E-state index in [-0.39, 0.29) is 18.1 Å². The summed E-state index contributed by atoms with van der Waals surface area (Å²) in [5.74, 6) is 0.127. The van der Waals surface area contributed by atoms with Crippen molar-refractivity contribution in [2.75, 3.05) is 45.8 Å². The van der Waals surface area contributed by atoms with Gasteiger partial charge in [0.25, 0.3) is 5.91 Å². The summed E-state index contributed by atoms with van der Waals surface area (Å²) in [4.78, 5) is 16.0. The van der Waals surface area contributed by atoms with E-state index in [0.29, 0.717) is 50.7 Å². The van der Waals surface area contributed by atoms with Gasteiger partial charge in [0.15, 0.2) is 6.54 Å². The number of quaternary nitrogens is 1. The average Bonchev–Trinajstić information content (AvgIpc) is 2.61. The Balaban J connectivity index is 1.54. The van der Waals surface area contributed by atoms with Crippen molar-refractivity contribution in [3.8, 4) is 0 Å². The molecule has 8 heteroatoms. The third kappa shape index (κ3) is 4.87. The number of piperazine rings is 1. The Morgan fingerprint density at radius 2 is 1.67 bits per heavy atom. The Morgan fingerprint density at radius 3 is 2.22 bits per heavy atom. The quantitative estimate of drug-likeness (QED) is 0.746. The van der Waals surface area contributed by atoms with Crippen LogP contribution in [0.15, 0.2) is 29.2 Å². The van der Waals surface area contributed by atoms with Gasteiger partial charge in [-0.2, -0.15) is 4.31 Å². The predicted molar refractivity (Wildman–Crippen MR) is 102 cm³/mol. The summed E-state index contributed by atoms with van der Waals surface area (Å²) in [7, 11) is -3.46. The molecule has 2 aliphatic heterocycles. The first kappa shape index (κ1) is 20.3. The summed E-state index contributed by atoms with van der Waals surface area (Å²) in [6, 6.07) is 6.96. The van der Waals surface area contributed by atoms with Gasteiger partial charge in [0.05, 0.1) is 43.3 Å². The monoisotopic (exact) mass is 396 g/mol. The van der Waals surface area contributed by atoms with E-state index in [1.165, 1.54) is 4.31 Å². The van der Waals surface area contributed by atoms with Gasteiger partial charge in [-0.25, -0.2) is 8.42 Å². The predicted octanol–water partition coefficient (Wildman–Crippen LogP) is -0.480. The number of morpholine rings is 1. The standard InChI is InChI=1S/C19H29N3O4S/c1-15-4-6-18(7-5-15)27(24,25)22-10-8-20(9-11-22)14-19(23)21-12-16(2)26-17(3)13-21/h4-7,16-17H,8-14H2,1-3H3/p+1/t16-,17-/m0/s1. The lowest BCUT2D eigenvalue weighted by molar-refractivity contribution is -0.896. The lowest BCUT2D eigenvalue weighted by Gasteiger charge is -2.37. The van der Waals surface area contributed by atoms with Gasteiger partial charge in [0.1, 0.15) is 0 Å². The molecule has 0 aliphatic carbocycles. The molecule has 27 heavy (non-hydrogen) atoms. The van der Waals surface area contributed by atoms with Crippen LogP contribution in [0.2, 0.25) is 0 Å². The van der Waals surface area contributed by atoms with Crippen molar-refractivity contribution in [3.05, 3.63) is 29.8 Å². The summed E-state index contributed by atoms with van der Waals surface area (Å²) in [6.45, 7) is 9.75. The highest BCUT2D eigenvalue weighted by molar-refractivity contribution is 7.89. The highest BCUT2D eigenvalue weighted by Crippen LogP contribution is 2.16. The van der Waals surface area contributed by atoms with Crippen LogP contribution in [0.5, 0.6) is 0 Å². The number of nitrogens with zero attached hydrogens (tertiary/aromatic N) is 2. The first-order chi connectivity index (χ1) is 12.8. The van der Waals surface area contributed by atoms with E-state index >= 15 is 0 Å². The van der Waals surface area contributed by atoms with E-state index in [1.807, 2.05) is 37.8 Å².